The van der Waals surface area contributed by atoms with Crippen LogP contribution in [0.4, 0.5) is 0 Å². The van der Waals surface area contributed by atoms with Gasteiger partial charge in [-0.2, -0.15) is 4.31 Å². The molecule has 1 amide bonds. The van der Waals surface area contributed by atoms with Gasteiger partial charge in [0.15, 0.2) is 0 Å². The molecule has 4 rings (SSSR count). The maximum absolute atomic E-state index is 13.1. The Hall–Kier alpha value is -2.64. The van der Waals surface area contributed by atoms with E-state index in [1.54, 1.807) is 22.5 Å². The lowest BCUT2D eigenvalue weighted by atomic mass is 9.94. The fourth-order valence-electron chi connectivity index (χ4n) is 4.50. The lowest BCUT2D eigenvalue weighted by molar-refractivity contribution is 0.0954. The Morgan fingerprint density at radius 3 is 2.61 bits per heavy atom. The average molecular weight is 440 g/mol. The van der Waals surface area contributed by atoms with Crippen molar-refractivity contribution in [2.24, 2.45) is 11.8 Å². The van der Waals surface area contributed by atoms with Crippen LogP contribution >= 0.6 is 0 Å². The summed E-state index contributed by atoms with van der Waals surface area (Å²) < 4.78 is 27.8. The van der Waals surface area contributed by atoms with Gasteiger partial charge in [0.05, 0.1) is 4.90 Å². The van der Waals surface area contributed by atoms with Gasteiger partial charge in [0.25, 0.3) is 5.91 Å². The number of hydrogen-bond donors (Lipinski definition) is 2. The molecule has 31 heavy (non-hydrogen) atoms. The molecular weight excluding hydrogens is 410 g/mol. The molecule has 1 aliphatic rings. The number of hydrogen-bond acceptors (Lipinski definition) is 3. The summed E-state index contributed by atoms with van der Waals surface area (Å²) in [5, 5.41) is 4.06. The number of sulfonamides is 1. The van der Waals surface area contributed by atoms with Crippen molar-refractivity contribution in [1.29, 1.82) is 0 Å². The van der Waals surface area contributed by atoms with Crippen LogP contribution in [0.25, 0.3) is 10.9 Å². The van der Waals surface area contributed by atoms with Crippen LogP contribution in [0.15, 0.2) is 59.6 Å². The van der Waals surface area contributed by atoms with Crippen molar-refractivity contribution in [3.8, 4) is 0 Å². The second kappa shape index (κ2) is 8.85. The lowest BCUT2D eigenvalue weighted by Crippen LogP contribution is -2.42. The highest BCUT2D eigenvalue weighted by Crippen LogP contribution is 2.27. The van der Waals surface area contributed by atoms with Gasteiger partial charge in [-0.15, -0.1) is 0 Å². The van der Waals surface area contributed by atoms with Gasteiger partial charge in [-0.25, -0.2) is 8.42 Å². The van der Waals surface area contributed by atoms with E-state index in [4.69, 9.17) is 0 Å². The third-order valence-corrected chi connectivity index (χ3v) is 7.75. The summed E-state index contributed by atoms with van der Waals surface area (Å²) in [6.07, 6.45) is 3.69. The molecule has 3 aromatic rings. The molecular formula is C24H29N3O3S. The monoisotopic (exact) mass is 439 g/mol. The molecule has 2 atom stereocenters. The van der Waals surface area contributed by atoms with Gasteiger partial charge in [0.2, 0.25) is 10.0 Å². The molecule has 0 bridgehead atoms. The number of rotatable bonds is 6. The van der Waals surface area contributed by atoms with E-state index < -0.39 is 10.0 Å². The quantitative estimate of drug-likeness (QED) is 0.613. The summed E-state index contributed by atoms with van der Waals surface area (Å²) >= 11 is 0. The van der Waals surface area contributed by atoms with Gasteiger partial charge < -0.3 is 10.3 Å². The molecule has 2 aromatic carbocycles. The Labute approximate surface area is 183 Å². The number of carbonyl (C=O) groups is 1. The number of piperidine rings is 1. The van der Waals surface area contributed by atoms with Crippen LogP contribution in [0, 0.1) is 11.8 Å². The number of nitrogens with zero attached hydrogens (tertiary/aromatic N) is 1. The van der Waals surface area contributed by atoms with Gasteiger partial charge in [0.1, 0.15) is 0 Å². The van der Waals surface area contributed by atoms with Crippen LogP contribution in [-0.2, 0) is 16.4 Å². The first-order valence-electron chi connectivity index (χ1n) is 10.8. The number of carbonyl (C=O) groups excluding carboxylic acids is 1. The Morgan fingerprint density at radius 1 is 1.10 bits per heavy atom. The Bertz CT molecular complexity index is 1180. The second-order valence-corrected chi connectivity index (χ2v) is 10.6. The summed E-state index contributed by atoms with van der Waals surface area (Å²) in [6.45, 7) is 5.67. The minimum atomic E-state index is -3.61. The smallest absolute Gasteiger partial charge is 0.251 e. The zero-order valence-electron chi connectivity index (χ0n) is 18.0. The first-order valence-corrected chi connectivity index (χ1v) is 12.2. The molecule has 1 aromatic heterocycles. The molecule has 0 spiro atoms. The van der Waals surface area contributed by atoms with Crippen LogP contribution in [0.3, 0.4) is 0 Å². The van der Waals surface area contributed by atoms with Crippen molar-refractivity contribution in [2.75, 3.05) is 19.6 Å². The van der Waals surface area contributed by atoms with Crippen LogP contribution < -0.4 is 5.32 Å². The molecule has 1 fully saturated rings. The van der Waals surface area contributed by atoms with Crippen molar-refractivity contribution in [1.82, 2.24) is 14.6 Å². The number of benzene rings is 2. The summed E-state index contributed by atoms with van der Waals surface area (Å²) in [5.74, 6) is 0.390. The molecule has 2 N–H and O–H groups in total. The van der Waals surface area contributed by atoms with E-state index in [-0.39, 0.29) is 10.8 Å². The van der Waals surface area contributed by atoms with Crippen molar-refractivity contribution in [3.05, 3.63) is 65.9 Å². The average Bonchev–Trinajstić information content (AvgIpc) is 3.16. The minimum absolute atomic E-state index is 0.179. The first kappa shape index (κ1) is 21.6. The Balaban J connectivity index is 1.43. The molecule has 2 unspecified atom stereocenters. The molecule has 0 aliphatic carbocycles. The lowest BCUT2D eigenvalue weighted by Gasteiger charge is -2.34. The van der Waals surface area contributed by atoms with E-state index in [0.717, 1.165) is 22.9 Å². The van der Waals surface area contributed by atoms with Crippen molar-refractivity contribution >= 4 is 26.8 Å². The summed E-state index contributed by atoms with van der Waals surface area (Å²) in [7, 11) is -3.61. The maximum Gasteiger partial charge on any atom is 0.251 e. The molecule has 0 saturated carbocycles. The summed E-state index contributed by atoms with van der Waals surface area (Å²) in [4.78, 5) is 16.1. The fourth-order valence-corrected chi connectivity index (χ4v) is 6.23. The van der Waals surface area contributed by atoms with Crippen LogP contribution in [0.5, 0.6) is 0 Å². The van der Waals surface area contributed by atoms with Crippen LogP contribution in [0.1, 0.15) is 36.2 Å². The predicted molar refractivity (Wildman–Crippen MR) is 122 cm³/mol. The largest absolute Gasteiger partial charge is 0.361 e. The normalized spacial score (nSPS) is 20.1. The maximum atomic E-state index is 13.1. The summed E-state index contributed by atoms with van der Waals surface area (Å²) in [5.41, 5.74) is 2.57. The van der Waals surface area contributed by atoms with E-state index in [2.05, 4.69) is 30.2 Å². The zero-order valence-corrected chi connectivity index (χ0v) is 18.8. The number of fused-ring (bicyclic) bond motifs is 1. The molecule has 164 valence electrons. The third-order valence-electron chi connectivity index (χ3n) is 5.92. The van der Waals surface area contributed by atoms with Crippen molar-refractivity contribution in [3.63, 3.8) is 0 Å². The topological polar surface area (TPSA) is 82.3 Å². The predicted octanol–water partition coefficient (Wildman–Crippen LogP) is 3.81. The molecule has 1 aliphatic heterocycles. The highest BCUT2D eigenvalue weighted by atomic mass is 32.2. The Morgan fingerprint density at radius 2 is 1.84 bits per heavy atom. The Kier molecular flexibility index (Phi) is 6.16. The van der Waals surface area contributed by atoms with Gasteiger partial charge in [0, 0.05) is 42.3 Å². The van der Waals surface area contributed by atoms with Crippen molar-refractivity contribution < 1.29 is 13.2 Å². The van der Waals surface area contributed by atoms with E-state index in [9.17, 15) is 13.2 Å². The standard InChI is InChI=1S/C24H29N3O3S/c1-17-12-18(2)16-27(15-17)31(29,30)21-7-5-6-19(13-21)24(28)25-11-10-20-14-26-23-9-4-3-8-22(20)23/h3-9,13-14,17-18,26H,10-12,15-16H2,1-2H3,(H,25,28). The number of aromatic nitrogens is 1. The van der Waals surface area contributed by atoms with Crippen LogP contribution in [0.2, 0.25) is 0 Å². The van der Waals surface area contributed by atoms with Crippen LogP contribution in [-0.4, -0.2) is 43.2 Å². The van der Waals surface area contributed by atoms with E-state index in [1.165, 1.54) is 6.07 Å². The third kappa shape index (κ3) is 4.67. The summed E-state index contributed by atoms with van der Waals surface area (Å²) in [6, 6.07) is 14.4. The minimum Gasteiger partial charge on any atom is -0.361 e. The molecule has 7 heteroatoms. The van der Waals surface area contributed by atoms with Gasteiger partial charge in [-0.1, -0.05) is 38.1 Å². The highest BCUT2D eigenvalue weighted by molar-refractivity contribution is 7.89. The number of para-hydroxylation sites is 1. The number of amides is 1. The SMILES string of the molecule is CC1CC(C)CN(S(=O)(=O)c2cccc(C(=O)NCCc3c[nH]c4ccccc34)c2)C1. The number of nitrogens with one attached hydrogen (secondary N) is 2. The molecule has 2 heterocycles. The first-order chi connectivity index (χ1) is 14.8. The molecule has 0 radical (unpaired) electrons. The number of aromatic amines is 1. The van der Waals surface area contributed by atoms with E-state index in [0.29, 0.717) is 43.5 Å². The van der Waals surface area contributed by atoms with Crippen molar-refractivity contribution in [2.45, 2.75) is 31.6 Å². The second-order valence-electron chi connectivity index (χ2n) is 8.66. The number of H-pyrrole nitrogens is 1. The van der Waals surface area contributed by atoms with E-state index >= 15 is 0 Å². The zero-order chi connectivity index (χ0) is 22.0. The van der Waals surface area contributed by atoms with Gasteiger partial charge in [-0.3, -0.25) is 4.79 Å². The molecule has 6 nitrogen and oxygen atoms in total. The molecule has 1 saturated heterocycles. The van der Waals surface area contributed by atoms with Gasteiger partial charge in [-0.05, 0) is 54.5 Å². The highest BCUT2D eigenvalue weighted by Gasteiger charge is 2.31. The van der Waals surface area contributed by atoms with Gasteiger partial charge >= 0.3 is 0 Å². The van der Waals surface area contributed by atoms with E-state index in [1.807, 2.05) is 24.4 Å². The fraction of sp³-hybridized carbons (Fsp3) is 0.375.